The Balaban J connectivity index is 0.000000771. The van der Waals surface area contributed by atoms with Crippen molar-refractivity contribution in [2.24, 2.45) is 0 Å². The third kappa shape index (κ3) is 4.02. The Hall–Kier alpha value is -1.02. The average molecular weight is 248 g/mol. The molecule has 1 aromatic carbocycles. The zero-order valence-electron chi connectivity index (χ0n) is 12.6. The van der Waals surface area contributed by atoms with Crippen molar-refractivity contribution in [2.75, 3.05) is 38.1 Å². The fraction of sp³-hybridized carbons (Fsp3) is 0.625. The van der Waals surface area contributed by atoms with Crippen LogP contribution in [-0.2, 0) is 0 Å². The van der Waals surface area contributed by atoms with Crippen molar-refractivity contribution in [3.8, 4) is 0 Å². The number of likely N-dealkylation sites (N-methyl/N-ethyl adjacent to an activating group) is 1. The van der Waals surface area contributed by atoms with Crippen molar-refractivity contribution in [1.29, 1.82) is 0 Å². The van der Waals surface area contributed by atoms with Gasteiger partial charge in [0, 0.05) is 31.9 Å². The summed E-state index contributed by atoms with van der Waals surface area (Å²) in [6.45, 7) is 13.1. The number of hydrogen-bond donors (Lipinski definition) is 0. The Morgan fingerprint density at radius 3 is 1.83 bits per heavy atom. The fourth-order valence-electron chi connectivity index (χ4n) is 2.13. The molecule has 0 unspecified atom stereocenters. The summed E-state index contributed by atoms with van der Waals surface area (Å²) in [6.07, 6.45) is 0. The Labute approximate surface area is 113 Å². The molecule has 0 atom stereocenters. The molecule has 0 radical (unpaired) electrons. The van der Waals surface area contributed by atoms with Crippen molar-refractivity contribution in [3.63, 3.8) is 0 Å². The van der Waals surface area contributed by atoms with Crippen LogP contribution in [0.25, 0.3) is 0 Å². The lowest BCUT2D eigenvalue weighted by molar-refractivity contribution is 0.313. The van der Waals surface area contributed by atoms with Crippen LogP contribution in [0.15, 0.2) is 24.3 Å². The fourth-order valence-corrected chi connectivity index (χ4v) is 2.13. The molecule has 0 N–H and O–H groups in total. The van der Waals surface area contributed by atoms with Crippen LogP contribution in [0, 0.1) is 0 Å². The first-order valence-corrected chi connectivity index (χ1v) is 7.20. The zero-order valence-corrected chi connectivity index (χ0v) is 12.6. The van der Waals surface area contributed by atoms with E-state index in [-0.39, 0.29) is 0 Å². The Kier molecular flexibility index (Phi) is 6.20. The molecule has 1 aromatic rings. The van der Waals surface area contributed by atoms with Gasteiger partial charge < -0.3 is 9.80 Å². The van der Waals surface area contributed by atoms with Gasteiger partial charge >= 0.3 is 0 Å². The first kappa shape index (κ1) is 15.0. The van der Waals surface area contributed by atoms with Crippen LogP contribution >= 0.6 is 0 Å². The van der Waals surface area contributed by atoms with Crippen LogP contribution in [0.2, 0.25) is 0 Å². The van der Waals surface area contributed by atoms with Crippen molar-refractivity contribution in [3.05, 3.63) is 29.8 Å². The monoisotopic (exact) mass is 248 g/mol. The SMILES string of the molecule is CC.CC(C)c1ccc(N2CCN(C)CC2)cc1. The minimum Gasteiger partial charge on any atom is -0.369 e. The van der Waals surface area contributed by atoms with Gasteiger partial charge in [-0.3, -0.25) is 0 Å². The summed E-state index contributed by atoms with van der Waals surface area (Å²) in [7, 11) is 2.19. The molecule has 0 amide bonds. The first-order valence-electron chi connectivity index (χ1n) is 7.20. The van der Waals surface area contributed by atoms with E-state index >= 15 is 0 Å². The molecule has 0 spiro atoms. The van der Waals surface area contributed by atoms with Crippen molar-refractivity contribution < 1.29 is 0 Å². The van der Waals surface area contributed by atoms with E-state index in [9.17, 15) is 0 Å². The molecule has 18 heavy (non-hydrogen) atoms. The molecular formula is C16H28N2. The molecule has 0 aliphatic carbocycles. The Morgan fingerprint density at radius 2 is 1.39 bits per heavy atom. The lowest BCUT2D eigenvalue weighted by Crippen LogP contribution is -2.44. The van der Waals surface area contributed by atoms with Gasteiger partial charge in [-0.2, -0.15) is 0 Å². The standard InChI is InChI=1S/C14H22N2.C2H6/c1-12(2)13-4-6-14(7-5-13)16-10-8-15(3)9-11-16;1-2/h4-7,12H,8-11H2,1-3H3;1-2H3. The smallest absolute Gasteiger partial charge is 0.0367 e. The van der Waals surface area contributed by atoms with E-state index in [4.69, 9.17) is 0 Å². The molecule has 2 heteroatoms. The van der Waals surface area contributed by atoms with Gasteiger partial charge in [0.05, 0.1) is 0 Å². The third-order valence-corrected chi connectivity index (χ3v) is 3.43. The maximum atomic E-state index is 2.48. The highest BCUT2D eigenvalue weighted by Gasteiger charge is 2.13. The molecule has 1 aliphatic heterocycles. The third-order valence-electron chi connectivity index (χ3n) is 3.43. The Bertz CT molecular complexity index is 321. The van der Waals surface area contributed by atoms with Crippen LogP contribution < -0.4 is 4.90 Å². The number of hydrogen-bond acceptors (Lipinski definition) is 2. The van der Waals surface area contributed by atoms with Crippen LogP contribution in [0.4, 0.5) is 5.69 Å². The summed E-state index contributed by atoms with van der Waals surface area (Å²) in [5, 5.41) is 0. The first-order chi connectivity index (χ1) is 8.66. The predicted octanol–water partition coefficient (Wildman–Crippen LogP) is 3.59. The van der Waals surface area contributed by atoms with Gasteiger partial charge in [-0.15, -0.1) is 0 Å². The molecule has 2 nitrogen and oxygen atoms in total. The van der Waals surface area contributed by atoms with Gasteiger partial charge in [0.2, 0.25) is 0 Å². The molecule has 0 aromatic heterocycles. The van der Waals surface area contributed by atoms with Gasteiger partial charge in [-0.05, 0) is 30.7 Å². The summed E-state index contributed by atoms with van der Waals surface area (Å²) in [5.74, 6) is 0.626. The normalized spacial score (nSPS) is 16.4. The summed E-state index contributed by atoms with van der Waals surface area (Å²) in [4.78, 5) is 4.86. The van der Waals surface area contributed by atoms with Crippen LogP contribution in [-0.4, -0.2) is 38.1 Å². The molecule has 1 heterocycles. The summed E-state index contributed by atoms with van der Waals surface area (Å²) in [5.41, 5.74) is 2.80. The van der Waals surface area contributed by atoms with Crippen LogP contribution in [0.3, 0.4) is 0 Å². The van der Waals surface area contributed by atoms with E-state index < -0.39 is 0 Å². The van der Waals surface area contributed by atoms with Gasteiger partial charge in [0.25, 0.3) is 0 Å². The highest BCUT2D eigenvalue weighted by molar-refractivity contribution is 5.48. The number of anilines is 1. The maximum Gasteiger partial charge on any atom is 0.0367 e. The number of rotatable bonds is 2. The topological polar surface area (TPSA) is 6.48 Å². The van der Waals surface area contributed by atoms with Crippen molar-refractivity contribution in [1.82, 2.24) is 4.90 Å². The highest BCUT2D eigenvalue weighted by Crippen LogP contribution is 2.20. The second-order valence-corrected chi connectivity index (χ2v) is 5.04. The average Bonchev–Trinajstić information content (AvgIpc) is 2.42. The Morgan fingerprint density at radius 1 is 0.889 bits per heavy atom. The number of nitrogens with zero attached hydrogens (tertiary/aromatic N) is 2. The molecule has 1 aliphatic rings. The second kappa shape index (κ2) is 7.42. The summed E-state index contributed by atoms with van der Waals surface area (Å²) in [6, 6.07) is 9.05. The van der Waals surface area contributed by atoms with E-state index in [0.29, 0.717) is 5.92 Å². The summed E-state index contributed by atoms with van der Waals surface area (Å²) < 4.78 is 0. The minimum atomic E-state index is 0.626. The van der Waals surface area contributed by atoms with E-state index in [0.717, 1.165) is 13.1 Å². The number of benzene rings is 1. The van der Waals surface area contributed by atoms with Gasteiger partial charge in [0.15, 0.2) is 0 Å². The van der Waals surface area contributed by atoms with E-state index in [1.54, 1.807) is 0 Å². The molecule has 0 bridgehead atoms. The highest BCUT2D eigenvalue weighted by atomic mass is 15.2. The van der Waals surface area contributed by atoms with E-state index in [2.05, 4.69) is 55.0 Å². The van der Waals surface area contributed by atoms with E-state index in [1.165, 1.54) is 24.3 Å². The summed E-state index contributed by atoms with van der Waals surface area (Å²) >= 11 is 0. The van der Waals surface area contributed by atoms with Crippen LogP contribution in [0.1, 0.15) is 39.2 Å². The molecule has 1 saturated heterocycles. The quantitative estimate of drug-likeness (QED) is 0.789. The lowest BCUT2D eigenvalue weighted by atomic mass is 10.0. The van der Waals surface area contributed by atoms with Gasteiger partial charge in [-0.25, -0.2) is 0 Å². The molecular weight excluding hydrogens is 220 g/mol. The number of piperazine rings is 1. The molecule has 0 saturated carbocycles. The zero-order chi connectivity index (χ0) is 13.5. The van der Waals surface area contributed by atoms with Gasteiger partial charge in [-0.1, -0.05) is 39.8 Å². The minimum absolute atomic E-state index is 0.626. The van der Waals surface area contributed by atoms with Crippen molar-refractivity contribution in [2.45, 2.75) is 33.6 Å². The predicted molar refractivity (Wildman–Crippen MR) is 81.6 cm³/mol. The van der Waals surface area contributed by atoms with Crippen molar-refractivity contribution >= 4 is 5.69 Å². The largest absolute Gasteiger partial charge is 0.369 e. The molecule has 1 fully saturated rings. The molecule has 2 rings (SSSR count). The second-order valence-electron chi connectivity index (χ2n) is 5.04. The molecule has 102 valence electrons. The van der Waals surface area contributed by atoms with Crippen LogP contribution in [0.5, 0.6) is 0 Å². The van der Waals surface area contributed by atoms with E-state index in [1.807, 2.05) is 13.8 Å². The lowest BCUT2D eigenvalue weighted by Gasteiger charge is -2.34. The van der Waals surface area contributed by atoms with Gasteiger partial charge in [0.1, 0.15) is 0 Å². The maximum absolute atomic E-state index is 2.48.